The van der Waals surface area contributed by atoms with Gasteiger partial charge >= 0.3 is 0 Å². The van der Waals surface area contributed by atoms with E-state index in [1.54, 1.807) is 11.3 Å². The van der Waals surface area contributed by atoms with E-state index in [1.165, 1.54) is 18.4 Å². The number of thiophene rings is 1. The predicted octanol–water partition coefficient (Wildman–Crippen LogP) is 3.98. The van der Waals surface area contributed by atoms with E-state index in [9.17, 15) is 0 Å². The molecule has 0 spiro atoms. The normalized spacial score (nSPS) is 14.7. The maximum absolute atomic E-state index is 6.04. The third-order valence-corrected chi connectivity index (χ3v) is 4.72. The van der Waals surface area contributed by atoms with Crippen LogP contribution >= 0.6 is 22.9 Å². The van der Waals surface area contributed by atoms with Crippen molar-refractivity contribution in [1.82, 2.24) is 10.2 Å². The van der Waals surface area contributed by atoms with Crippen molar-refractivity contribution in [3.05, 3.63) is 38.7 Å². The highest BCUT2D eigenvalue weighted by Crippen LogP contribution is 2.35. The first-order valence-electron chi connectivity index (χ1n) is 6.44. The minimum atomic E-state index is 0.507. The second kappa shape index (κ2) is 5.10. The zero-order valence-corrected chi connectivity index (χ0v) is 12.6. The largest absolute Gasteiger partial charge is 0.348 e. The maximum Gasteiger partial charge on any atom is 0.155 e. The van der Waals surface area contributed by atoms with Crippen molar-refractivity contribution in [3.63, 3.8) is 0 Å². The standard InChI is InChI=1S/C14H16ClN3S/c1-9-10(2)14(17-16-13(9)15)18(12-3-4-12)7-11-5-6-19-8-11/h5-6,8,12H,3-4,7H2,1-2H3. The Balaban J connectivity index is 1.94. The van der Waals surface area contributed by atoms with Gasteiger partial charge in [-0.2, -0.15) is 11.3 Å². The summed E-state index contributed by atoms with van der Waals surface area (Å²) in [6.07, 6.45) is 2.49. The van der Waals surface area contributed by atoms with E-state index in [0.717, 1.165) is 23.5 Å². The lowest BCUT2D eigenvalue weighted by Crippen LogP contribution is -2.27. The van der Waals surface area contributed by atoms with Gasteiger partial charge in [-0.1, -0.05) is 11.6 Å². The lowest BCUT2D eigenvalue weighted by atomic mass is 10.1. The van der Waals surface area contributed by atoms with E-state index in [0.29, 0.717) is 11.2 Å². The monoisotopic (exact) mass is 293 g/mol. The molecular formula is C14H16ClN3S. The van der Waals surface area contributed by atoms with Crippen molar-refractivity contribution in [1.29, 1.82) is 0 Å². The molecule has 0 radical (unpaired) electrons. The number of nitrogens with zero attached hydrogens (tertiary/aromatic N) is 3. The Hall–Kier alpha value is -1.13. The number of anilines is 1. The third-order valence-electron chi connectivity index (χ3n) is 3.63. The second-order valence-corrected chi connectivity index (χ2v) is 6.19. The van der Waals surface area contributed by atoms with Gasteiger partial charge in [0.2, 0.25) is 0 Å². The Morgan fingerprint density at radius 3 is 2.74 bits per heavy atom. The first-order chi connectivity index (χ1) is 9.16. The number of aromatic nitrogens is 2. The van der Waals surface area contributed by atoms with Crippen molar-refractivity contribution >= 4 is 28.8 Å². The fourth-order valence-electron chi connectivity index (χ4n) is 2.18. The average Bonchev–Trinajstić information content (AvgIpc) is 3.12. The summed E-state index contributed by atoms with van der Waals surface area (Å²) < 4.78 is 0. The van der Waals surface area contributed by atoms with E-state index in [2.05, 4.69) is 38.8 Å². The van der Waals surface area contributed by atoms with Crippen LogP contribution in [0.5, 0.6) is 0 Å². The molecular weight excluding hydrogens is 278 g/mol. The Morgan fingerprint density at radius 2 is 2.11 bits per heavy atom. The van der Waals surface area contributed by atoms with Crippen molar-refractivity contribution in [2.75, 3.05) is 4.90 Å². The van der Waals surface area contributed by atoms with Crippen LogP contribution in [0.25, 0.3) is 0 Å². The average molecular weight is 294 g/mol. The number of rotatable bonds is 4. The van der Waals surface area contributed by atoms with Gasteiger partial charge in [0, 0.05) is 12.6 Å². The van der Waals surface area contributed by atoms with Gasteiger partial charge in [-0.15, -0.1) is 10.2 Å². The Labute approximate surface area is 122 Å². The van der Waals surface area contributed by atoms with Crippen LogP contribution in [0.1, 0.15) is 29.5 Å². The van der Waals surface area contributed by atoms with Crippen LogP contribution in [-0.2, 0) is 6.54 Å². The first kappa shape index (κ1) is 12.9. The Kier molecular flexibility index (Phi) is 3.46. The third kappa shape index (κ3) is 2.60. The summed E-state index contributed by atoms with van der Waals surface area (Å²) in [5.74, 6) is 0.982. The highest BCUT2D eigenvalue weighted by Gasteiger charge is 2.31. The molecule has 19 heavy (non-hydrogen) atoms. The van der Waals surface area contributed by atoms with Gasteiger partial charge in [0.25, 0.3) is 0 Å². The minimum Gasteiger partial charge on any atom is -0.348 e. The lowest BCUT2D eigenvalue weighted by molar-refractivity contribution is 0.758. The Morgan fingerprint density at radius 1 is 1.32 bits per heavy atom. The lowest BCUT2D eigenvalue weighted by Gasteiger charge is -2.25. The highest BCUT2D eigenvalue weighted by molar-refractivity contribution is 7.07. The van der Waals surface area contributed by atoms with Crippen LogP contribution < -0.4 is 4.90 Å². The van der Waals surface area contributed by atoms with Crippen molar-refractivity contribution < 1.29 is 0 Å². The van der Waals surface area contributed by atoms with Crippen molar-refractivity contribution in [2.45, 2.75) is 39.3 Å². The smallest absolute Gasteiger partial charge is 0.155 e. The molecule has 0 aliphatic heterocycles. The van der Waals surface area contributed by atoms with E-state index < -0.39 is 0 Å². The number of hydrogen-bond donors (Lipinski definition) is 0. The van der Waals surface area contributed by atoms with Crippen molar-refractivity contribution in [3.8, 4) is 0 Å². The highest BCUT2D eigenvalue weighted by atomic mass is 35.5. The van der Waals surface area contributed by atoms with Crippen LogP contribution in [0.15, 0.2) is 16.8 Å². The van der Waals surface area contributed by atoms with E-state index in [4.69, 9.17) is 11.6 Å². The van der Waals surface area contributed by atoms with Crippen molar-refractivity contribution in [2.24, 2.45) is 0 Å². The molecule has 2 aromatic heterocycles. The second-order valence-electron chi connectivity index (χ2n) is 5.06. The summed E-state index contributed by atoms with van der Waals surface area (Å²) >= 11 is 7.77. The molecule has 1 aliphatic rings. The van der Waals surface area contributed by atoms with E-state index in [-0.39, 0.29) is 0 Å². The molecule has 5 heteroatoms. The summed E-state index contributed by atoms with van der Waals surface area (Å²) in [5, 5.41) is 13.2. The predicted molar refractivity (Wildman–Crippen MR) is 80.0 cm³/mol. The molecule has 0 unspecified atom stereocenters. The Bertz CT molecular complexity index is 579. The molecule has 2 heterocycles. The summed E-state index contributed by atoms with van der Waals surface area (Å²) in [5.41, 5.74) is 3.51. The molecule has 0 N–H and O–H groups in total. The van der Waals surface area contributed by atoms with Crippen LogP contribution in [0, 0.1) is 13.8 Å². The minimum absolute atomic E-state index is 0.507. The van der Waals surface area contributed by atoms with E-state index in [1.807, 2.05) is 6.92 Å². The molecule has 3 rings (SSSR count). The zero-order valence-electron chi connectivity index (χ0n) is 11.1. The van der Waals surface area contributed by atoms with Gasteiger partial charge in [0.1, 0.15) is 0 Å². The summed E-state index contributed by atoms with van der Waals surface area (Å²) in [6.45, 7) is 4.99. The summed E-state index contributed by atoms with van der Waals surface area (Å²) in [7, 11) is 0. The zero-order chi connectivity index (χ0) is 13.4. The fraction of sp³-hybridized carbons (Fsp3) is 0.429. The van der Waals surface area contributed by atoms with Gasteiger partial charge in [0.15, 0.2) is 11.0 Å². The SMILES string of the molecule is Cc1c(Cl)nnc(N(Cc2ccsc2)C2CC2)c1C. The molecule has 1 aliphatic carbocycles. The molecule has 0 atom stereocenters. The quantitative estimate of drug-likeness (QED) is 0.854. The summed E-state index contributed by atoms with van der Waals surface area (Å²) in [6, 6.07) is 2.78. The van der Waals surface area contributed by atoms with Crippen LogP contribution in [0.4, 0.5) is 5.82 Å². The fourth-order valence-corrected chi connectivity index (χ4v) is 3.02. The molecule has 0 bridgehead atoms. The van der Waals surface area contributed by atoms with Gasteiger partial charge in [-0.25, -0.2) is 0 Å². The number of halogens is 1. The van der Waals surface area contributed by atoms with Gasteiger partial charge in [-0.05, 0) is 60.2 Å². The maximum atomic E-state index is 6.04. The molecule has 1 fully saturated rings. The molecule has 2 aromatic rings. The van der Waals surface area contributed by atoms with Gasteiger partial charge in [-0.3, -0.25) is 0 Å². The summed E-state index contributed by atoms with van der Waals surface area (Å²) in [4.78, 5) is 2.37. The van der Waals surface area contributed by atoms with Crippen LogP contribution in [0.3, 0.4) is 0 Å². The molecule has 100 valence electrons. The molecule has 0 amide bonds. The van der Waals surface area contributed by atoms with Crippen LogP contribution in [-0.4, -0.2) is 16.2 Å². The van der Waals surface area contributed by atoms with Crippen LogP contribution in [0.2, 0.25) is 5.15 Å². The number of hydrogen-bond acceptors (Lipinski definition) is 4. The molecule has 0 aromatic carbocycles. The molecule has 1 saturated carbocycles. The van der Waals surface area contributed by atoms with Gasteiger partial charge in [0.05, 0.1) is 0 Å². The molecule has 0 saturated heterocycles. The first-order valence-corrected chi connectivity index (χ1v) is 7.76. The topological polar surface area (TPSA) is 29.0 Å². The molecule has 3 nitrogen and oxygen atoms in total. The van der Waals surface area contributed by atoms with E-state index >= 15 is 0 Å². The van der Waals surface area contributed by atoms with Gasteiger partial charge < -0.3 is 4.90 Å².